The summed E-state index contributed by atoms with van der Waals surface area (Å²) in [5.74, 6) is 0.702. The van der Waals surface area contributed by atoms with Crippen molar-refractivity contribution in [3.05, 3.63) is 62.4 Å². The van der Waals surface area contributed by atoms with Crippen molar-refractivity contribution in [1.29, 1.82) is 0 Å². The summed E-state index contributed by atoms with van der Waals surface area (Å²) in [6.07, 6.45) is 1.46. The third kappa shape index (κ3) is 3.98. The number of nitrogens with zero attached hydrogens (tertiary/aromatic N) is 1. The zero-order chi connectivity index (χ0) is 21.8. The predicted molar refractivity (Wildman–Crippen MR) is 107 cm³/mol. The second kappa shape index (κ2) is 8.93. The summed E-state index contributed by atoms with van der Waals surface area (Å²) < 4.78 is 27.2. The van der Waals surface area contributed by atoms with Crippen LogP contribution in [0, 0.1) is 24.0 Å². The maximum atomic E-state index is 13.1. The number of carbonyl (C=O) groups excluding carboxylic acids is 1. The van der Waals surface area contributed by atoms with Crippen LogP contribution >= 0.6 is 0 Å². The van der Waals surface area contributed by atoms with Crippen molar-refractivity contribution >= 4 is 17.5 Å². The first-order valence-corrected chi connectivity index (χ1v) is 8.98. The van der Waals surface area contributed by atoms with E-state index in [2.05, 4.69) is 0 Å². The van der Waals surface area contributed by atoms with Crippen molar-refractivity contribution < 1.29 is 33.4 Å². The van der Waals surface area contributed by atoms with Crippen LogP contribution in [0.3, 0.4) is 0 Å². The van der Waals surface area contributed by atoms with Crippen LogP contribution in [0.4, 0.5) is 5.69 Å². The molecule has 0 fully saturated rings. The fourth-order valence-electron chi connectivity index (χ4n) is 3.19. The Hall–Kier alpha value is -3.43. The summed E-state index contributed by atoms with van der Waals surface area (Å²) in [6, 6.07) is 5.92. The monoisotopic (exact) mass is 415 g/mol. The average molecular weight is 415 g/mol. The first kappa shape index (κ1) is 21.3. The molecule has 9 heteroatoms. The third-order valence-electron chi connectivity index (χ3n) is 4.50. The molecule has 1 aliphatic heterocycles. The quantitative estimate of drug-likeness (QED) is 0.277. The van der Waals surface area contributed by atoms with Gasteiger partial charge in [-0.05, 0) is 25.5 Å². The van der Waals surface area contributed by atoms with E-state index in [4.69, 9.17) is 23.7 Å². The maximum absolute atomic E-state index is 13.1. The number of ether oxygens (including phenoxy) is 5. The number of carbonyl (C=O) groups is 1. The fraction of sp³-hybridized carbons (Fsp3) is 0.286. The third-order valence-corrected chi connectivity index (χ3v) is 4.50. The molecule has 0 N–H and O–H groups in total. The van der Waals surface area contributed by atoms with Gasteiger partial charge >= 0.3 is 0 Å². The van der Waals surface area contributed by atoms with Crippen LogP contribution in [0.5, 0.6) is 17.2 Å². The summed E-state index contributed by atoms with van der Waals surface area (Å²) in [6.45, 7) is 3.46. The van der Waals surface area contributed by atoms with E-state index in [1.165, 1.54) is 38.5 Å². The minimum atomic E-state index is -0.502. The lowest BCUT2D eigenvalue weighted by atomic mass is 10.00. The SMILES string of the molecule is COCOc1c(C)c(OCOC)c2c(c1C)O/C(=C\c1cccc([N+](=O)[O-])c1)C2=O. The maximum Gasteiger partial charge on any atom is 0.270 e. The average Bonchev–Trinajstić information content (AvgIpc) is 3.04. The van der Waals surface area contributed by atoms with Gasteiger partial charge in [-0.25, -0.2) is 0 Å². The molecule has 0 unspecified atom stereocenters. The lowest BCUT2D eigenvalue weighted by Crippen LogP contribution is -2.09. The van der Waals surface area contributed by atoms with Crippen molar-refractivity contribution in [1.82, 2.24) is 0 Å². The van der Waals surface area contributed by atoms with Gasteiger partial charge in [0.2, 0.25) is 5.78 Å². The molecule has 9 nitrogen and oxygen atoms in total. The second-order valence-corrected chi connectivity index (χ2v) is 6.51. The largest absolute Gasteiger partial charge is 0.467 e. The molecule has 30 heavy (non-hydrogen) atoms. The Morgan fingerprint density at radius 3 is 2.37 bits per heavy atom. The molecule has 0 aliphatic carbocycles. The second-order valence-electron chi connectivity index (χ2n) is 6.51. The minimum absolute atomic E-state index is 0.00844. The summed E-state index contributed by atoms with van der Waals surface area (Å²) in [4.78, 5) is 23.6. The standard InChI is InChI=1S/C21H21NO8/c1-12-19(28-10-26-3)13(2)21-17(20(12)29-11-27-4)18(23)16(30-21)9-14-6-5-7-15(8-14)22(24)25/h5-9H,10-11H2,1-4H3/b16-9-. The van der Waals surface area contributed by atoms with Crippen molar-refractivity contribution in [2.45, 2.75) is 13.8 Å². The van der Waals surface area contributed by atoms with Crippen LogP contribution in [0.25, 0.3) is 6.08 Å². The van der Waals surface area contributed by atoms with Gasteiger partial charge in [0.15, 0.2) is 19.3 Å². The Bertz CT molecular complexity index is 1030. The summed E-state index contributed by atoms with van der Waals surface area (Å²) >= 11 is 0. The van der Waals surface area contributed by atoms with Crippen molar-refractivity contribution in [3.63, 3.8) is 0 Å². The zero-order valence-electron chi connectivity index (χ0n) is 17.0. The van der Waals surface area contributed by atoms with Crippen LogP contribution in [0.2, 0.25) is 0 Å². The number of hydrogen-bond donors (Lipinski definition) is 0. The van der Waals surface area contributed by atoms with Crippen LogP contribution in [-0.4, -0.2) is 38.5 Å². The molecule has 2 aromatic rings. The zero-order valence-corrected chi connectivity index (χ0v) is 17.0. The molecule has 0 saturated heterocycles. The highest BCUT2D eigenvalue weighted by molar-refractivity contribution is 6.17. The van der Waals surface area contributed by atoms with Crippen molar-refractivity contribution in [3.8, 4) is 17.2 Å². The number of rotatable bonds is 8. The lowest BCUT2D eigenvalue weighted by Gasteiger charge is -2.18. The number of benzene rings is 2. The van der Waals surface area contributed by atoms with Crippen LogP contribution < -0.4 is 14.2 Å². The van der Waals surface area contributed by atoms with Gasteiger partial charge in [-0.1, -0.05) is 12.1 Å². The predicted octanol–water partition coefficient (Wildman–Crippen LogP) is 3.79. The van der Waals surface area contributed by atoms with Crippen molar-refractivity contribution in [2.24, 2.45) is 0 Å². The van der Waals surface area contributed by atoms with Gasteiger partial charge in [0, 0.05) is 37.5 Å². The first-order chi connectivity index (χ1) is 14.4. The van der Waals surface area contributed by atoms with E-state index < -0.39 is 10.7 Å². The van der Waals surface area contributed by atoms with E-state index in [0.29, 0.717) is 28.2 Å². The normalized spacial score (nSPS) is 13.9. The van der Waals surface area contributed by atoms with E-state index in [1.54, 1.807) is 19.9 Å². The molecule has 1 heterocycles. The highest BCUT2D eigenvalue weighted by Gasteiger charge is 2.36. The summed E-state index contributed by atoms with van der Waals surface area (Å²) in [5.41, 5.74) is 1.85. The Morgan fingerprint density at radius 1 is 1.07 bits per heavy atom. The molecule has 158 valence electrons. The van der Waals surface area contributed by atoms with Gasteiger partial charge in [-0.3, -0.25) is 14.9 Å². The van der Waals surface area contributed by atoms with Crippen LogP contribution in [-0.2, 0) is 9.47 Å². The minimum Gasteiger partial charge on any atom is -0.467 e. The smallest absolute Gasteiger partial charge is 0.270 e. The molecule has 3 rings (SSSR count). The number of Topliss-reactive ketones (excluding diaryl/α,β-unsaturated/α-hetero) is 1. The van der Waals surface area contributed by atoms with E-state index in [9.17, 15) is 14.9 Å². The van der Waals surface area contributed by atoms with E-state index in [-0.39, 0.29) is 36.3 Å². The Kier molecular flexibility index (Phi) is 6.34. The molecule has 0 radical (unpaired) electrons. The lowest BCUT2D eigenvalue weighted by molar-refractivity contribution is -0.384. The highest BCUT2D eigenvalue weighted by Crippen LogP contribution is 2.48. The number of hydrogen-bond acceptors (Lipinski definition) is 8. The number of non-ortho nitro benzene ring substituents is 1. The van der Waals surface area contributed by atoms with Gasteiger partial charge in [0.1, 0.15) is 22.8 Å². The topological polar surface area (TPSA) is 106 Å². The first-order valence-electron chi connectivity index (χ1n) is 8.98. The summed E-state index contributed by atoms with van der Waals surface area (Å²) in [5, 5.41) is 11.0. The molecule has 0 aromatic heterocycles. The van der Waals surface area contributed by atoms with Gasteiger partial charge in [0.25, 0.3) is 5.69 Å². The van der Waals surface area contributed by atoms with Gasteiger partial charge in [-0.2, -0.15) is 0 Å². The van der Waals surface area contributed by atoms with E-state index >= 15 is 0 Å². The number of nitro groups is 1. The van der Waals surface area contributed by atoms with Crippen molar-refractivity contribution in [2.75, 3.05) is 27.8 Å². The highest BCUT2D eigenvalue weighted by atomic mass is 16.7. The number of ketones is 1. The molecular formula is C21H21NO8. The molecule has 0 spiro atoms. The number of fused-ring (bicyclic) bond motifs is 1. The molecule has 0 amide bonds. The molecule has 0 saturated carbocycles. The number of methoxy groups -OCH3 is 2. The van der Waals surface area contributed by atoms with E-state index in [1.807, 2.05) is 0 Å². The fourth-order valence-corrected chi connectivity index (χ4v) is 3.19. The molecule has 0 atom stereocenters. The Morgan fingerprint density at radius 2 is 1.73 bits per heavy atom. The van der Waals surface area contributed by atoms with Gasteiger partial charge in [0.05, 0.1) is 4.92 Å². The van der Waals surface area contributed by atoms with Crippen LogP contribution in [0.15, 0.2) is 30.0 Å². The Labute approximate surface area is 172 Å². The van der Waals surface area contributed by atoms with Gasteiger partial charge in [-0.15, -0.1) is 0 Å². The number of allylic oxidation sites excluding steroid dienone is 1. The number of nitro benzene ring substituents is 1. The van der Waals surface area contributed by atoms with E-state index in [0.717, 1.165) is 0 Å². The molecule has 2 aromatic carbocycles. The molecule has 1 aliphatic rings. The Balaban J connectivity index is 2.09. The molecular weight excluding hydrogens is 394 g/mol. The molecule has 0 bridgehead atoms. The van der Waals surface area contributed by atoms with Gasteiger partial charge < -0.3 is 23.7 Å². The van der Waals surface area contributed by atoms with Crippen LogP contribution in [0.1, 0.15) is 27.0 Å². The summed E-state index contributed by atoms with van der Waals surface area (Å²) in [7, 11) is 2.97.